The second kappa shape index (κ2) is 5.72. The SMILES string of the molecule is C=C(Cl)CNC(=O)C1(CC(C)C)CCCC1. The van der Waals surface area contributed by atoms with E-state index in [0.717, 1.165) is 19.3 Å². The molecule has 16 heavy (non-hydrogen) atoms. The first-order chi connectivity index (χ1) is 7.46. The molecule has 0 unspecified atom stereocenters. The van der Waals surface area contributed by atoms with Crippen LogP contribution in [0.1, 0.15) is 46.0 Å². The fourth-order valence-electron chi connectivity index (χ4n) is 2.72. The summed E-state index contributed by atoms with van der Waals surface area (Å²) in [4.78, 5) is 12.2. The Balaban J connectivity index is 2.61. The number of carbonyl (C=O) groups is 1. The second-order valence-corrected chi connectivity index (χ2v) is 5.82. The van der Waals surface area contributed by atoms with E-state index in [1.807, 2.05) is 0 Å². The number of hydrogen-bond acceptors (Lipinski definition) is 1. The quantitative estimate of drug-likeness (QED) is 0.787. The van der Waals surface area contributed by atoms with Gasteiger partial charge in [-0.1, -0.05) is 44.9 Å². The molecule has 2 nitrogen and oxygen atoms in total. The highest BCUT2D eigenvalue weighted by molar-refractivity contribution is 6.29. The lowest BCUT2D eigenvalue weighted by Crippen LogP contribution is -2.40. The summed E-state index contributed by atoms with van der Waals surface area (Å²) in [5, 5.41) is 3.39. The molecule has 0 bridgehead atoms. The average molecular weight is 244 g/mol. The molecule has 1 saturated carbocycles. The Kier molecular flexibility index (Phi) is 4.85. The molecule has 0 aromatic rings. The van der Waals surface area contributed by atoms with E-state index in [1.165, 1.54) is 12.8 Å². The Labute approximate surface area is 103 Å². The molecule has 0 radical (unpaired) electrons. The molecular formula is C13H22ClNO. The second-order valence-electron chi connectivity index (χ2n) is 5.29. The zero-order chi connectivity index (χ0) is 12.2. The van der Waals surface area contributed by atoms with Gasteiger partial charge in [0.15, 0.2) is 0 Å². The van der Waals surface area contributed by atoms with Gasteiger partial charge >= 0.3 is 0 Å². The number of nitrogens with one attached hydrogen (secondary N) is 1. The Morgan fingerprint density at radius 1 is 1.44 bits per heavy atom. The van der Waals surface area contributed by atoms with Crippen molar-refractivity contribution in [2.75, 3.05) is 6.54 Å². The van der Waals surface area contributed by atoms with Gasteiger partial charge in [0.2, 0.25) is 5.91 Å². The summed E-state index contributed by atoms with van der Waals surface area (Å²) in [5.41, 5.74) is -0.138. The third-order valence-corrected chi connectivity index (χ3v) is 3.42. The summed E-state index contributed by atoms with van der Waals surface area (Å²) in [6, 6.07) is 0. The number of rotatable bonds is 5. The molecule has 1 aliphatic carbocycles. The zero-order valence-electron chi connectivity index (χ0n) is 10.3. The van der Waals surface area contributed by atoms with Crippen molar-refractivity contribution in [2.24, 2.45) is 11.3 Å². The van der Waals surface area contributed by atoms with Crippen LogP contribution in [0, 0.1) is 11.3 Å². The smallest absolute Gasteiger partial charge is 0.226 e. The van der Waals surface area contributed by atoms with E-state index in [4.69, 9.17) is 11.6 Å². The molecule has 0 saturated heterocycles. The third-order valence-electron chi connectivity index (χ3n) is 3.28. The number of carbonyl (C=O) groups excluding carboxylic acids is 1. The van der Waals surface area contributed by atoms with Crippen molar-refractivity contribution in [1.29, 1.82) is 0 Å². The van der Waals surface area contributed by atoms with Gasteiger partial charge in [0, 0.05) is 10.4 Å². The molecule has 0 atom stereocenters. The van der Waals surface area contributed by atoms with Crippen LogP contribution in [0.4, 0.5) is 0 Å². The summed E-state index contributed by atoms with van der Waals surface area (Å²) in [7, 11) is 0. The predicted molar refractivity (Wildman–Crippen MR) is 68.4 cm³/mol. The molecule has 1 fully saturated rings. The van der Waals surface area contributed by atoms with Crippen molar-refractivity contribution in [1.82, 2.24) is 5.32 Å². The fourth-order valence-corrected chi connectivity index (χ4v) is 2.79. The maximum absolute atomic E-state index is 12.2. The van der Waals surface area contributed by atoms with Crippen LogP contribution in [0.5, 0.6) is 0 Å². The Hall–Kier alpha value is -0.500. The molecule has 1 aliphatic rings. The highest BCUT2D eigenvalue weighted by Crippen LogP contribution is 2.43. The highest BCUT2D eigenvalue weighted by Gasteiger charge is 2.40. The molecule has 1 rings (SSSR count). The minimum absolute atomic E-state index is 0.138. The molecule has 92 valence electrons. The normalized spacial score (nSPS) is 18.8. The monoisotopic (exact) mass is 243 g/mol. The maximum Gasteiger partial charge on any atom is 0.226 e. The summed E-state index contributed by atoms with van der Waals surface area (Å²) in [6.07, 6.45) is 5.36. The van der Waals surface area contributed by atoms with Crippen LogP contribution in [0.15, 0.2) is 11.6 Å². The zero-order valence-corrected chi connectivity index (χ0v) is 11.1. The Morgan fingerprint density at radius 2 is 2.00 bits per heavy atom. The van der Waals surface area contributed by atoms with Crippen LogP contribution in [-0.4, -0.2) is 12.5 Å². The number of amides is 1. The van der Waals surface area contributed by atoms with Crippen LogP contribution in [0.2, 0.25) is 0 Å². The first kappa shape index (κ1) is 13.6. The van der Waals surface area contributed by atoms with Crippen molar-refractivity contribution >= 4 is 17.5 Å². The first-order valence-electron chi connectivity index (χ1n) is 6.08. The van der Waals surface area contributed by atoms with Crippen molar-refractivity contribution < 1.29 is 4.79 Å². The molecule has 0 aromatic carbocycles. The topological polar surface area (TPSA) is 29.1 Å². The molecule has 0 heterocycles. The van der Waals surface area contributed by atoms with Crippen LogP contribution < -0.4 is 5.32 Å². The van der Waals surface area contributed by atoms with Crippen LogP contribution in [0.25, 0.3) is 0 Å². The fraction of sp³-hybridized carbons (Fsp3) is 0.769. The molecule has 3 heteroatoms. The molecule has 0 aromatic heterocycles. The van der Waals surface area contributed by atoms with Gasteiger partial charge in [0.1, 0.15) is 0 Å². The van der Waals surface area contributed by atoms with Crippen molar-refractivity contribution in [3.63, 3.8) is 0 Å². The van der Waals surface area contributed by atoms with E-state index < -0.39 is 0 Å². The average Bonchev–Trinajstić information content (AvgIpc) is 2.62. The molecule has 1 amide bonds. The van der Waals surface area contributed by atoms with Crippen molar-refractivity contribution in [3.05, 3.63) is 11.6 Å². The summed E-state index contributed by atoms with van der Waals surface area (Å²) >= 11 is 5.67. The number of hydrogen-bond donors (Lipinski definition) is 1. The van der Waals surface area contributed by atoms with E-state index in [2.05, 4.69) is 25.7 Å². The van der Waals surface area contributed by atoms with Gasteiger partial charge in [-0.25, -0.2) is 0 Å². The maximum atomic E-state index is 12.2. The lowest BCUT2D eigenvalue weighted by atomic mass is 9.77. The van der Waals surface area contributed by atoms with E-state index >= 15 is 0 Å². The van der Waals surface area contributed by atoms with E-state index in [-0.39, 0.29) is 11.3 Å². The van der Waals surface area contributed by atoms with Gasteiger partial charge in [-0.15, -0.1) is 0 Å². The molecule has 1 N–H and O–H groups in total. The van der Waals surface area contributed by atoms with Gasteiger partial charge in [-0.2, -0.15) is 0 Å². The predicted octanol–water partition coefficient (Wildman–Crippen LogP) is 3.46. The van der Waals surface area contributed by atoms with E-state index in [9.17, 15) is 4.79 Å². The molecular weight excluding hydrogens is 222 g/mol. The third kappa shape index (κ3) is 3.51. The van der Waals surface area contributed by atoms with Crippen molar-refractivity contribution in [3.8, 4) is 0 Å². The Bertz CT molecular complexity index is 267. The minimum Gasteiger partial charge on any atom is -0.351 e. The van der Waals surface area contributed by atoms with Crippen LogP contribution in [-0.2, 0) is 4.79 Å². The van der Waals surface area contributed by atoms with Gasteiger partial charge < -0.3 is 5.32 Å². The molecule has 0 aliphatic heterocycles. The minimum atomic E-state index is -0.138. The Morgan fingerprint density at radius 3 is 2.44 bits per heavy atom. The van der Waals surface area contributed by atoms with Gasteiger partial charge in [-0.05, 0) is 25.2 Å². The summed E-state index contributed by atoms with van der Waals surface area (Å²) < 4.78 is 0. The lowest BCUT2D eigenvalue weighted by molar-refractivity contribution is -0.131. The largest absolute Gasteiger partial charge is 0.351 e. The highest BCUT2D eigenvalue weighted by atomic mass is 35.5. The summed E-state index contributed by atoms with van der Waals surface area (Å²) in [5.74, 6) is 0.726. The van der Waals surface area contributed by atoms with Crippen LogP contribution >= 0.6 is 11.6 Å². The summed E-state index contributed by atoms with van der Waals surface area (Å²) in [6.45, 7) is 8.33. The first-order valence-corrected chi connectivity index (χ1v) is 6.46. The van der Waals surface area contributed by atoms with E-state index in [0.29, 0.717) is 17.5 Å². The van der Waals surface area contributed by atoms with Gasteiger partial charge in [0.05, 0.1) is 6.54 Å². The van der Waals surface area contributed by atoms with E-state index in [1.54, 1.807) is 0 Å². The van der Waals surface area contributed by atoms with Gasteiger partial charge in [-0.3, -0.25) is 4.79 Å². The molecule has 0 spiro atoms. The number of halogens is 1. The lowest BCUT2D eigenvalue weighted by Gasteiger charge is -2.29. The van der Waals surface area contributed by atoms with Crippen molar-refractivity contribution in [2.45, 2.75) is 46.0 Å². The van der Waals surface area contributed by atoms with Gasteiger partial charge in [0.25, 0.3) is 0 Å². The standard InChI is InChI=1S/C13H22ClNO/c1-10(2)8-13(6-4-5-7-13)12(16)15-9-11(3)14/h10H,3-9H2,1-2H3,(H,15,16). The van der Waals surface area contributed by atoms with Crippen LogP contribution in [0.3, 0.4) is 0 Å².